The molecule has 2 N–H and O–H groups in total. The lowest BCUT2D eigenvalue weighted by Gasteiger charge is -2.32. The second kappa shape index (κ2) is 7.79. The third kappa shape index (κ3) is 3.34. The van der Waals surface area contributed by atoms with Gasteiger partial charge >= 0.3 is 0 Å². The number of ketones is 2. The van der Waals surface area contributed by atoms with Crippen LogP contribution in [0.15, 0.2) is 36.4 Å². The molecule has 2 aromatic carbocycles. The van der Waals surface area contributed by atoms with E-state index in [4.69, 9.17) is 0 Å². The van der Waals surface area contributed by atoms with E-state index in [-0.39, 0.29) is 41.8 Å². The van der Waals surface area contributed by atoms with Gasteiger partial charge in [0, 0.05) is 36.3 Å². The maximum Gasteiger partial charge on any atom is 0.255 e. The number of benzene rings is 2. The molecule has 1 saturated heterocycles. The Balaban J connectivity index is 1.83. The lowest BCUT2D eigenvalue weighted by molar-refractivity contribution is 0.0683. The van der Waals surface area contributed by atoms with Gasteiger partial charge in [-0.05, 0) is 30.9 Å². The summed E-state index contributed by atoms with van der Waals surface area (Å²) in [4.78, 5) is 41.3. The first kappa shape index (κ1) is 19.3. The van der Waals surface area contributed by atoms with Crippen molar-refractivity contribution in [3.63, 3.8) is 0 Å². The Hall–Kier alpha value is -2.99. The quantitative estimate of drug-likeness (QED) is 0.713. The highest BCUT2D eigenvalue weighted by Crippen LogP contribution is 2.35. The van der Waals surface area contributed by atoms with E-state index in [1.54, 1.807) is 36.4 Å². The fraction of sp³-hybridized carbons (Fsp3) is 0.348. The van der Waals surface area contributed by atoms with E-state index in [2.05, 4.69) is 12.2 Å². The maximum atomic E-state index is 13.3. The number of carbonyl (C=O) groups is 3. The van der Waals surface area contributed by atoms with Crippen LogP contribution < -0.4 is 5.32 Å². The van der Waals surface area contributed by atoms with Crippen LogP contribution in [-0.4, -0.2) is 53.7 Å². The molecule has 1 fully saturated rings. The van der Waals surface area contributed by atoms with Gasteiger partial charge in [0.1, 0.15) is 0 Å². The zero-order valence-electron chi connectivity index (χ0n) is 16.4. The molecule has 150 valence electrons. The SMILES string of the molecule is C[C@H]1CCCN(C(=O)c2ccc3c(c2NCCO)C(=O)c2ccccc2C3=O)C1. The zero-order chi connectivity index (χ0) is 20.5. The highest BCUT2D eigenvalue weighted by atomic mass is 16.3. The Labute approximate surface area is 169 Å². The minimum absolute atomic E-state index is 0.154. The highest BCUT2D eigenvalue weighted by Gasteiger charge is 2.34. The molecule has 0 unspecified atom stereocenters. The van der Waals surface area contributed by atoms with E-state index in [9.17, 15) is 19.5 Å². The van der Waals surface area contributed by atoms with E-state index >= 15 is 0 Å². The second-order valence-corrected chi connectivity index (χ2v) is 7.76. The summed E-state index contributed by atoms with van der Waals surface area (Å²) >= 11 is 0. The molecule has 0 aromatic heterocycles. The normalized spacial score (nSPS) is 18.3. The van der Waals surface area contributed by atoms with Gasteiger partial charge in [0.05, 0.1) is 23.4 Å². The van der Waals surface area contributed by atoms with Crippen LogP contribution in [0.2, 0.25) is 0 Å². The number of nitrogens with zero attached hydrogens (tertiary/aromatic N) is 1. The molecule has 6 nitrogen and oxygen atoms in total. The van der Waals surface area contributed by atoms with E-state index in [0.29, 0.717) is 41.4 Å². The van der Waals surface area contributed by atoms with Gasteiger partial charge in [-0.15, -0.1) is 0 Å². The molecule has 2 aromatic rings. The van der Waals surface area contributed by atoms with Gasteiger partial charge in [-0.25, -0.2) is 0 Å². The molecule has 1 aliphatic heterocycles. The third-order valence-corrected chi connectivity index (χ3v) is 5.68. The van der Waals surface area contributed by atoms with E-state index in [0.717, 1.165) is 12.8 Å². The number of rotatable bonds is 4. The minimum Gasteiger partial charge on any atom is -0.395 e. The number of piperidine rings is 1. The fourth-order valence-electron chi connectivity index (χ4n) is 4.27. The van der Waals surface area contributed by atoms with Crippen molar-refractivity contribution in [1.29, 1.82) is 0 Å². The van der Waals surface area contributed by atoms with Gasteiger partial charge in [-0.2, -0.15) is 0 Å². The summed E-state index contributed by atoms with van der Waals surface area (Å²) in [6.07, 6.45) is 2.04. The van der Waals surface area contributed by atoms with Gasteiger partial charge in [-0.3, -0.25) is 14.4 Å². The lowest BCUT2D eigenvalue weighted by Crippen LogP contribution is -2.39. The molecule has 1 amide bonds. The van der Waals surface area contributed by atoms with Crippen LogP contribution in [0.25, 0.3) is 0 Å². The first-order chi connectivity index (χ1) is 14.0. The summed E-state index contributed by atoms with van der Waals surface area (Å²) in [5.74, 6) is -0.238. The van der Waals surface area contributed by atoms with Gasteiger partial charge < -0.3 is 15.3 Å². The average Bonchev–Trinajstić information content (AvgIpc) is 2.75. The Morgan fingerprint density at radius 1 is 1.10 bits per heavy atom. The number of hydrogen-bond acceptors (Lipinski definition) is 5. The standard InChI is InChI=1S/C23H24N2O4/c1-14-5-4-11-25(13-14)23(29)18-9-8-17-19(20(18)24-10-12-26)22(28)16-7-3-2-6-15(16)21(17)27/h2-3,6-9,14,24,26H,4-5,10-13H2,1H3/t14-/m0/s1. The van der Waals surface area contributed by atoms with Gasteiger partial charge in [0.2, 0.25) is 0 Å². The van der Waals surface area contributed by atoms with E-state index in [1.807, 2.05) is 4.90 Å². The molecule has 1 aliphatic carbocycles. The van der Waals surface area contributed by atoms with Crippen molar-refractivity contribution in [3.05, 3.63) is 64.2 Å². The number of aliphatic hydroxyl groups is 1. The van der Waals surface area contributed by atoms with Crippen molar-refractivity contribution < 1.29 is 19.5 Å². The molecule has 1 heterocycles. The summed E-state index contributed by atoms with van der Waals surface area (Å²) in [7, 11) is 0. The molecule has 0 spiro atoms. The Morgan fingerprint density at radius 3 is 2.52 bits per heavy atom. The van der Waals surface area contributed by atoms with E-state index < -0.39 is 0 Å². The van der Waals surface area contributed by atoms with Crippen LogP contribution in [0.4, 0.5) is 5.69 Å². The average molecular weight is 392 g/mol. The molecule has 29 heavy (non-hydrogen) atoms. The molecule has 2 aliphatic rings. The second-order valence-electron chi connectivity index (χ2n) is 7.76. The van der Waals surface area contributed by atoms with Crippen LogP contribution in [0.5, 0.6) is 0 Å². The summed E-state index contributed by atoms with van der Waals surface area (Å²) in [6, 6.07) is 9.94. The molecule has 0 radical (unpaired) electrons. The minimum atomic E-state index is -0.280. The predicted molar refractivity (Wildman–Crippen MR) is 110 cm³/mol. The van der Waals surface area contributed by atoms with Crippen molar-refractivity contribution in [2.24, 2.45) is 5.92 Å². The van der Waals surface area contributed by atoms with Gasteiger partial charge in [0.15, 0.2) is 11.6 Å². The van der Waals surface area contributed by atoms with Gasteiger partial charge in [0.25, 0.3) is 5.91 Å². The number of amides is 1. The zero-order valence-corrected chi connectivity index (χ0v) is 16.4. The highest BCUT2D eigenvalue weighted by molar-refractivity contribution is 6.31. The van der Waals surface area contributed by atoms with Crippen molar-refractivity contribution in [3.8, 4) is 0 Å². The summed E-state index contributed by atoms with van der Waals surface area (Å²) in [5, 5.41) is 12.3. The Kier molecular flexibility index (Phi) is 5.20. The number of carbonyl (C=O) groups excluding carboxylic acids is 3. The fourth-order valence-corrected chi connectivity index (χ4v) is 4.27. The Bertz CT molecular complexity index is 998. The first-order valence-electron chi connectivity index (χ1n) is 10.0. The topological polar surface area (TPSA) is 86.7 Å². The summed E-state index contributed by atoms with van der Waals surface area (Å²) in [6.45, 7) is 3.49. The number of anilines is 1. The monoisotopic (exact) mass is 392 g/mol. The van der Waals surface area contributed by atoms with Crippen LogP contribution in [0.1, 0.15) is 62.0 Å². The van der Waals surface area contributed by atoms with Crippen LogP contribution >= 0.6 is 0 Å². The van der Waals surface area contributed by atoms with Crippen molar-refractivity contribution in [2.45, 2.75) is 19.8 Å². The summed E-state index contributed by atoms with van der Waals surface area (Å²) in [5.41, 5.74) is 1.94. The molecule has 4 rings (SSSR count). The molecule has 0 saturated carbocycles. The number of fused-ring (bicyclic) bond motifs is 2. The third-order valence-electron chi connectivity index (χ3n) is 5.68. The van der Waals surface area contributed by atoms with Crippen molar-refractivity contribution in [2.75, 3.05) is 31.6 Å². The van der Waals surface area contributed by atoms with Crippen molar-refractivity contribution >= 4 is 23.2 Å². The lowest BCUT2D eigenvalue weighted by atomic mass is 9.82. The van der Waals surface area contributed by atoms with Crippen LogP contribution in [-0.2, 0) is 0 Å². The van der Waals surface area contributed by atoms with Gasteiger partial charge in [-0.1, -0.05) is 31.2 Å². The maximum absolute atomic E-state index is 13.3. The number of likely N-dealkylation sites (tertiary alicyclic amines) is 1. The summed E-state index contributed by atoms with van der Waals surface area (Å²) < 4.78 is 0. The van der Waals surface area contributed by atoms with Crippen LogP contribution in [0, 0.1) is 5.92 Å². The van der Waals surface area contributed by atoms with E-state index in [1.165, 1.54) is 0 Å². The number of nitrogens with one attached hydrogen (secondary N) is 1. The Morgan fingerprint density at radius 2 is 1.83 bits per heavy atom. The largest absolute Gasteiger partial charge is 0.395 e. The predicted octanol–water partition coefficient (Wildman–Crippen LogP) is 2.74. The molecular weight excluding hydrogens is 368 g/mol. The smallest absolute Gasteiger partial charge is 0.255 e. The molecule has 6 heteroatoms. The van der Waals surface area contributed by atoms with Crippen LogP contribution in [0.3, 0.4) is 0 Å². The molecule has 1 atom stereocenters. The first-order valence-corrected chi connectivity index (χ1v) is 10.0. The molecular formula is C23H24N2O4. The number of aliphatic hydroxyl groups excluding tert-OH is 1. The number of hydrogen-bond donors (Lipinski definition) is 2. The van der Waals surface area contributed by atoms with Crippen molar-refractivity contribution in [1.82, 2.24) is 4.90 Å². The molecule has 0 bridgehead atoms.